The molecule has 0 amide bonds. The summed E-state index contributed by atoms with van der Waals surface area (Å²) in [5.74, 6) is -0.809. The molecule has 2 atom stereocenters. The maximum Gasteiger partial charge on any atom is 0.341 e. The molecule has 0 saturated carbocycles. The topological polar surface area (TPSA) is 77.8 Å². The van der Waals surface area contributed by atoms with Gasteiger partial charge in [-0.3, -0.25) is 4.79 Å². The van der Waals surface area contributed by atoms with E-state index >= 15 is 0 Å². The average molecular weight is 365 g/mol. The number of pyridine rings is 1. The number of carbonyl (C=O) groups is 1. The molecule has 8 heteroatoms. The number of halogens is 1. The van der Waals surface area contributed by atoms with Crippen molar-refractivity contribution in [2.24, 2.45) is 0 Å². The second kappa shape index (κ2) is 6.03. The molecule has 2 unspecified atom stereocenters. The summed E-state index contributed by atoms with van der Waals surface area (Å²) in [7, 11) is 0. The van der Waals surface area contributed by atoms with Crippen LogP contribution in [-0.2, 0) is 4.74 Å². The SMILES string of the molecule is CC1COc2c(C3COCCS3)c(F)cc3c(=O)c(C(=O)O)cn1c23. The first-order valence-corrected chi connectivity index (χ1v) is 9.00. The fourth-order valence-corrected chi connectivity index (χ4v) is 4.43. The Hall–Kier alpha value is -2.06. The van der Waals surface area contributed by atoms with E-state index in [0.29, 0.717) is 30.0 Å². The smallest absolute Gasteiger partial charge is 0.341 e. The van der Waals surface area contributed by atoms with Crippen LogP contribution in [0.15, 0.2) is 17.1 Å². The highest BCUT2D eigenvalue weighted by molar-refractivity contribution is 7.99. The van der Waals surface area contributed by atoms with Crippen LogP contribution in [-0.4, -0.2) is 41.2 Å². The van der Waals surface area contributed by atoms with Crippen LogP contribution in [0, 0.1) is 5.82 Å². The standard InChI is InChI=1S/C17H16FNO5S/c1-8-6-24-16-13(12-7-23-2-3-25-12)11(18)4-9-14(16)19(8)5-10(15(9)20)17(21)22/h4-5,8,12H,2-3,6-7H2,1H3,(H,21,22). The van der Waals surface area contributed by atoms with Crippen LogP contribution in [0.3, 0.4) is 0 Å². The molecule has 3 heterocycles. The molecule has 4 rings (SSSR count). The van der Waals surface area contributed by atoms with Crippen molar-refractivity contribution in [2.45, 2.75) is 18.2 Å². The van der Waals surface area contributed by atoms with E-state index in [1.165, 1.54) is 6.20 Å². The van der Waals surface area contributed by atoms with Gasteiger partial charge in [-0.15, -0.1) is 11.8 Å². The van der Waals surface area contributed by atoms with Gasteiger partial charge in [-0.25, -0.2) is 9.18 Å². The van der Waals surface area contributed by atoms with E-state index in [2.05, 4.69) is 0 Å². The molecular weight excluding hydrogens is 349 g/mol. The molecular formula is C17H16FNO5S. The molecule has 0 bridgehead atoms. The molecule has 2 aliphatic rings. The van der Waals surface area contributed by atoms with Crippen LogP contribution in [0.1, 0.15) is 34.1 Å². The van der Waals surface area contributed by atoms with Crippen LogP contribution in [0.25, 0.3) is 10.9 Å². The zero-order valence-electron chi connectivity index (χ0n) is 13.5. The zero-order valence-corrected chi connectivity index (χ0v) is 14.3. The van der Waals surface area contributed by atoms with E-state index in [4.69, 9.17) is 9.47 Å². The highest BCUT2D eigenvalue weighted by Gasteiger charge is 2.32. The maximum atomic E-state index is 14.9. The minimum Gasteiger partial charge on any atom is -0.489 e. The molecule has 132 valence electrons. The first-order chi connectivity index (χ1) is 12.0. The van der Waals surface area contributed by atoms with Crippen LogP contribution in [0.5, 0.6) is 5.75 Å². The number of thioether (sulfide) groups is 1. The van der Waals surface area contributed by atoms with Gasteiger partial charge in [-0.2, -0.15) is 0 Å². The molecule has 25 heavy (non-hydrogen) atoms. The molecule has 0 radical (unpaired) electrons. The average Bonchev–Trinajstić information content (AvgIpc) is 2.60. The number of aromatic nitrogens is 1. The number of ether oxygens (including phenoxy) is 2. The third-order valence-electron chi connectivity index (χ3n) is 4.57. The Balaban J connectivity index is 2.06. The van der Waals surface area contributed by atoms with E-state index in [0.717, 1.165) is 11.8 Å². The van der Waals surface area contributed by atoms with Gasteiger partial charge in [-0.05, 0) is 13.0 Å². The molecule has 2 aliphatic heterocycles. The Kier molecular flexibility index (Phi) is 3.96. The van der Waals surface area contributed by atoms with Gasteiger partial charge >= 0.3 is 5.97 Å². The van der Waals surface area contributed by atoms with Gasteiger partial charge < -0.3 is 19.1 Å². The van der Waals surface area contributed by atoms with Crippen molar-refractivity contribution in [3.63, 3.8) is 0 Å². The predicted molar refractivity (Wildman–Crippen MR) is 91.3 cm³/mol. The van der Waals surface area contributed by atoms with Gasteiger partial charge in [0.1, 0.15) is 18.0 Å². The highest BCUT2D eigenvalue weighted by atomic mass is 32.2. The van der Waals surface area contributed by atoms with Crippen LogP contribution in [0.4, 0.5) is 4.39 Å². The number of rotatable bonds is 2. The molecule has 6 nitrogen and oxygen atoms in total. The summed E-state index contributed by atoms with van der Waals surface area (Å²) in [5, 5.41) is 9.10. The zero-order chi connectivity index (χ0) is 17.7. The number of hydrogen-bond acceptors (Lipinski definition) is 5. The Bertz CT molecular complexity index is 935. The molecule has 1 aromatic heterocycles. The Morgan fingerprint density at radius 2 is 2.24 bits per heavy atom. The van der Waals surface area contributed by atoms with E-state index in [1.54, 1.807) is 16.3 Å². The van der Waals surface area contributed by atoms with E-state index in [1.807, 2.05) is 6.92 Å². The van der Waals surface area contributed by atoms with Crippen molar-refractivity contribution < 1.29 is 23.8 Å². The molecule has 1 fully saturated rings. The van der Waals surface area contributed by atoms with Crippen molar-refractivity contribution in [3.8, 4) is 5.75 Å². The summed E-state index contributed by atoms with van der Waals surface area (Å²) < 4.78 is 27.8. The number of carboxylic acids is 1. The summed E-state index contributed by atoms with van der Waals surface area (Å²) >= 11 is 1.59. The molecule has 1 aromatic carbocycles. The van der Waals surface area contributed by atoms with Crippen LogP contribution >= 0.6 is 11.8 Å². The van der Waals surface area contributed by atoms with Gasteiger partial charge in [0.15, 0.2) is 5.75 Å². The summed E-state index contributed by atoms with van der Waals surface area (Å²) in [5.41, 5.74) is -0.220. The van der Waals surface area contributed by atoms with Crippen molar-refractivity contribution in [2.75, 3.05) is 25.6 Å². The minimum absolute atomic E-state index is 0.0319. The lowest BCUT2D eigenvalue weighted by molar-refractivity contribution is 0.0694. The molecule has 1 N–H and O–H groups in total. The number of hydrogen-bond donors (Lipinski definition) is 1. The lowest BCUT2D eigenvalue weighted by Crippen LogP contribution is -2.28. The lowest BCUT2D eigenvalue weighted by atomic mass is 10.0. The van der Waals surface area contributed by atoms with Gasteiger partial charge in [0, 0.05) is 17.5 Å². The molecule has 1 saturated heterocycles. The maximum absolute atomic E-state index is 14.9. The van der Waals surface area contributed by atoms with Crippen molar-refractivity contribution in [3.05, 3.63) is 39.4 Å². The van der Waals surface area contributed by atoms with E-state index in [-0.39, 0.29) is 28.8 Å². The summed E-state index contributed by atoms with van der Waals surface area (Å²) in [4.78, 5) is 23.9. The molecule has 0 spiro atoms. The van der Waals surface area contributed by atoms with Crippen LogP contribution in [0.2, 0.25) is 0 Å². The minimum atomic E-state index is -1.32. The third kappa shape index (κ3) is 2.51. The number of nitrogens with zero attached hydrogens (tertiary/aromatic N) is 1. The fraction of sp³-hybridized carbons (Fsp3) is 0.412. The number of aromatic carboxylic acids is 1. The first-order valence-electron chi connectivity index (χ1n) is 7.95. The predicted octanol–water partition coefficient (Wildman–Crippen LogP) is 2.60. The number of carboxylic acid groups (broad SMARTS) is 1. The van der Waals surface area contributed by atoms with Gasteiger partial charge in [-0.1, -0.05) is 0 Å². The van der Waals surface area contributed by atoms with E-state index < -0.39 is 17.2 Å². The van der Waals surface area contributed by atoms with Gasteiger partial charge in [0.25, 0.3) is 0 Å². The van der Waals surface area contributed by atoms with Crippen LogP contribution < -0.4 is 10.2 Å². The van der Waals surface area contributed by atoms with Gasteiger partial charge in [0.05, 0.1) is 35.4 Å². The summed E-state index contributed by atoms with van der Waals surface area (Å²) in [6.07, 6.45) is 1.33. The summed E-state index contributed by atoms with van der Waals surface area (Å²) in [6, 6.07) is 0.970. The molecule has 2 aromatic rings. The first kappa shape index (κ1) is 16.4. The third-order valence-corrected chi connectivity index (χ3v) is 5.75. The van der Waals surface area contributed by atoms with Crippen molar-refractivity contribution in [1.29, 1.82) is 0 Å². The van der Waals surface area contributed by atoms with Crippen molar-refractivity contribution in [1.82, 2.24) is 4.57 Å². The monoisotopic (exact) mass is 365 g/mol. The van der Waals surface area contributed by atoms with Gasteiger partial charge in [0.2, 0.25) is 5.43 Å². The second-order valence-corrected chi connectivity index (χ2v) is 7.49. The Labute approximate surface area is 146 Å². The highest BCUT2D eigenvalue weighted by Crippen LogP contribution is 2.44. The Morgan fingerprint density at radius 3 is 2.92 bits per heavy atom. The quantitative estimate of drug-likeness (QED) is 0.881. The Morgan fingerprint density at radius 1 is 1.44 bits per heavy atom. The molecule has 0 aliphatic carbocycles. The largest absolute Gasteiger partial charge is 0.489 e. The van der Waals surface area contributed by atoms with Crippen molar-refractivity contribution >= 4 is 28.6 Å². The normalized spacial score (nSPS) is 22.6. The lowest BCUT2D eigenvalue weighted by Gasteiger charge is -2.31. The summed E-state index contributed by atoms with van der Waals surface area (Å²) in [6.45, 7) is 3.13. The van der Waals surface area contributed by atoms with E-state index in [9.17, 15) is 19.1 Å². The second-order valence-electron chi connectivity index (χ2n) is 6.18. The fourth-order valence-electron chi connectivity index (χ4n) is 3.35. The number of benzene rings is 1.